The lowest BCUT2D eigenvalue weighted by Crippen LogP contribution is -2.45. The van der Waals surface area contributed by atoms with E-state index in [-0.39, 0.29) is 18.5 Å². The lowest BCUT2D eigenvalue weighted by Gasteiger charge is -2.22. The molecule has 0 radical (unpaired) electrons. The Bertz CT molecular complexity index is 1340. The monoisotopic (exact) mass is 1240 g/mol. The van der Waals surface area contributed by atoms with Crippen molar-refractivity contribution in [2.75, 3.05) is 13.2 Å². The molecule has 0 spiro atoms. The number of nitrogens with one attached hydrogen (secondary N) is 1. The van der Waals surface area contributed by atoms with Crippen molar-refractivity contribution < 1.29 is 24.5 Å². The molecule has 0 saturated heterocycles. The summed E-state index contributed by atoms with van der Waals surface area (Å²) in [6.45, 7) is 4.99. The van der Waals surface area contributed by atoms with Crippen LogP contribution in [0.15, 0.2) is 12.2 Å². The summed E-state index contributed by atoms with van der Waals surface area (Å²) < 4.78 is 5.48. The molecule has 1 amide bonds. The lowest BCUT2D eigenvalue weighted by atomic mass is 10.0. The maximum Gasteiger partial charge on any atom is 0.305 e. The summed E-state index contributed by atoms with van der Waals surface area (Å²) >= 11 is 0. The van der Waals surface area contributed by atoms with Crippen LogP contribution in [0.5, 0.6) is 0 Å². The van der Waals surface area contributed by atoms with Crippen LogP contribution < -0.4 is 5.32 Å². The average Bonchev–Trinajstić information content (AvgIpc) is 3.54. The second kappa shape index (κ2) is 78.0. The number of hydrogen-bond acceptors (Lipinski definition) is 5. The molecule has 524 valence electrons. The number of esters is 1. The van der Waals surface area contributed by atoms with Crippen molar-refractivity contribution in [1.82, 2.24) is 5.32 Å². The largest absolute Gasteiger partial charge is 0.466 e. The van der Waals surface area contributed by atoms with Crippen LogP contribution in [-0.4, -0.2) is 47.4 Å². The first-order valence-electron chi connectivity index (χ1n) is 40.9. The van der Waals surface area contributed by atoms with Crippen molar-refractivity contribution >= 4 is 11.9 Å². The molecule has 2 unspecified atom stereocenters. The van der Waals surface area contributed by atoms with Crippen molar-refractivity contribution in [3.8, 4) is 0 Å². The summed E-state index contributed by atoms with van der Waals surface area (Å²) in [5, 5.41) is 23.5. The van der Waals surface area contributed by atoms with Gasteiger partial charge in [0.25, 0.3) is 0 Å². The Morgan fingerprint density at radius 2 is 0.534 bits per heavy atom. The zero-order chi connectivity index (χ0) is 63.5. The van der Waals surface area contributed by atoms with Gasteiger partial charge < -0.3 is 20.3 Å². The molecular weight excluding hydrogens is 1080 g/mol. The van der Waals surface area contributed by atoms with E-state index in [1.165, 1.54) is 398 Å². The van der Waals surface area contributed by atoms with Gasteiger partial charge in [-0.05, 0) is 51.4 Å². The van der Waals surface area contributed by atoms with Crippen molar-refractivity contribution in [3.05, 3.63) is 12.2 Å². The molecule has 0 rings (SSSR count). The number of rotatable bonds is 78. The van der Waals surface area contributed by atoms with Gasteiger partial charge in [0.15, 0.2) is 0 Å². The van der Waals surface area contributed by atoms with Gasteiger partial charge in [-0.15, -0.1) is 0 Å². The van der Waals surface area contributed by atoms with Crippen molar-refractivity contribution in [2.45, 2.75) is 488 Å². The van der Waals surface area contributed by atoms with Gasteiger partial charge in [-0.3, -0.25) is 9.59 Å². The van der Waals surface area contributed by atoms with Crippen LogP contribution in [0.2, 0.25) is 0 Å². The molecular formula is C82H161NO5. The topological polar surface area (TPSA) is 95.9 Å². The maximum absolute atomic E-state index is 12.6. The molecule has 6 heteroatoms. The van der Waals surface area contributed by atoms with Crippen LogP contribution >= 0.6 is 0 Å². The number of unbranched alkanes of at least 4 members (excludes halogenated alkanes) is 65. The molecule has 0 saturated carbocycles. The van der Waals surface area contributed by atoms with Gasteiger partial charge in [-0.25, -0.2) is 0 Å². The van der Waals surface area contributed by atoms with Crippen molar-refractivity contribution in [2.24, 2.45) is 0 Å². The first kappa shape index (κ1) is 86.6. The molecule has 6 nitrogen and oxygen atoms in total. The van der Waals surface area contributed by atoms with Gasteiger partial charge in [0.2, 0.25) is 5.91 Å². The van der Waals surface area contributed by atoms with Crippen LogP contribution in [0.1, 0.15) is 476 Å². The predicted octanol–water partition coefficient (Wildman–Crippen LogP) is 27.1. The van der Waals surface area contributed by atoms with Crippen LogP contribution in [0.25, 0.3) is 0 Å². The zero-order valence-electron chi connectivity index (χ0n) is 60.3. The van der Waals surface area contributed by atoms with E-state index in [0.717, 1.165) is 44.9 Å². The number of ether oxygens (including phenoxy) is 1. The van der Waals surface area contributed by atoms with Crippen molar-refractivity contribution in [1.29, 1.82) is 0 Å². The number of carbonyl (C=O) groups is 2. The van der Waals surface area contributed by atoms with Gasteiger partial charge in [-0.1, -0.05) is 424 Å². The summed E-state index contributed by atoms with van der Waals surface area (Å²) in [5.74, 6) is -0.00968. The average molecular weight is 1240 g/mol. The van der Waals surface area contributed by atoms with Crippen LogP contribution in [0.3, 0.4) is 0 Å². The van der Waals surface area contributed by atoms with Gasteiger partial charge in [0.1, 0.15) is 0 Å². The number of aliphatic hydroxyl groups is 2. The fraction of sp³-hybridized carbons (Fsp3) is 0.951. The highest BCUT2D eigenvalue weighted by atomic mass is 16.5. The van der Waals surface area contributed by atoms with Crippen molar-refractivity contribution in [3.63, 3.8) is 0 Å². The lowest BCUT2D eigenvalue weighted by molar-refractivity contribution is -0.143. The molecule has 0 aromatic heterocycles. The quantitative estimate of drug-likeness (QED) is 0.0320. The standard InChI is InChI=1S/C82H161NO5/c1-3-5-7-9-11-13-15-17-18-19-20-21-22-36-39-42-45-48-51-54-58-62-66-70-74-80(85)79(78-84)83-81(86)75-71-67-63-59-55-52-49-46-43-40-37-34-32-30-28-26-24-23-25-27-29-31-33-35-38-41-44-47-50-53-57-61-65-69-73-77-88-82(87)76-72-68-64-60-56-16-14-12-10-8-6-4-2/h12,14,79-80,84-85H,3-11,13,15-78H2,1-2H3,(H,83,86)/b14-12-. The molecule has 88 heavy (non-hydrogen) atoms. The Balaban J connectivity index is 3.32. The molecule has 0 aromatic carbocycles. The van der Waals surface area contributed by atoms with Gasteiger partial charge in [0.05, 0.1) is 25.4 Å². The Morgan fingerprint density at radius 1 is 0.307 bits per heavy atom. The van der Waals surface area contributed by atoms with E-state index < -0.39 is 12.1 Å². The number of carbonyl (C=O) groups excluding carboxylic acids is 2. The SMILES string of the molecule is CCCCC/C=C\CCCCCCCC(=O)OCCCCCCCCCCCCCCCCCCCCCCCCCCCCCCCCCCCCCC(=O)NC(CO)C(O)CCCCCCCCCCCCCCCCCCCCCCCCCC. The number of amides is 1. The Morgan fingerprint density at radius 3 is 0.830 bits per heavy atom. The highest BCUT2D eigenvalue weighted by molar-refractivity contribution is 5.76. The molecule has 3 N–H and O–H groups in total. The van der Waals surface area contributed by atoms with Gasteiger partial charge in [0, 0.05) is 12.8 Å². The Labute approximate surface area is 552 Å². The zero-order valence-corrected chi connectivity index (χ0v) is 60.3. The normalized spacial score (nSPS) is 12.5. The van der Waals surface area contributed by atoms with E-state index in [1.54, 1.807) is 0 Å². The predicted molar refractivity (Wildman–Crippen MR) is 389 cm³/mol. The summed E-state index contributed by atoms with van der Waals surface area (Å²) in [5.41, 5.74) is 0. The molecule has 0 aliphatic carbocycles. The molecule has 0 bridgehead atoms. The third-order valence-corrected chi connectivity index (χ3v) is 19.6. The van der Waals surface area contributed by atoms with E-state index in [0.29, 0.717) is 25.9 Å². The second-order valence-electron chi connectivity index (χ2n) is 28.5. The highest BCUT2D eigenvalue weighted by Crippen LogP contribution is 2.21. The minimum atomic E-state index is -0.661. The third kappa shape index (κ3) is 73.6. The highest BCUT2D eigenvalue weighted by Gasteiger charge is 2.20. The van der Waals surface area contributed by atoms with E-state index in [4.69, 9.17) is 4.74 Å². The molecule has 0 aliphatic rings. The molecule has 0 aromatic rings. The van der Waals surface area contributed by atoms with Gasteiger partial charge >= 0.3 is 5.97 Å². The van der Waals surface area contributed by atoms with E-state index in [9.17, 15) is 19.8 Å². The Hall–Kier alpha value is -1.40. The Kier molecular flexibility index (Phi) is 76.8. The summed E-state index contributed by atoms with van der Waals surface area (Å²) in [6.07, 6.45) is 99.0. The number of aliphatic hydroxyl groups excluding tert-OH is 2. The fourth-order valence-corrected chi connectivity index (χ4v) is 13.3. The maximum atomic E-state index is 12.6. The number of hydrogen-bond donors (Lipinski definition) is 3. The first-order chi connectivity index (χ1) is 43.5. The van der Waals surface area contributed by atoms with Gasteiger partial charge in [-0.2, -0.15) is 0 Å². The third-order valence-electron chi connectivity index (χ3n) is 19.6. The fourth-order valence-electron chi connectivity index (χ4n) is 13.3. The summed E-state index contributed by atoms with van der Waals surface area (Å²) in [7, 11) is 0. The van der Waals surface area contributed by atoms with Crippen LogP contribution in [0, 0.1) is 0 Å². The molecule has 0 heterocycles. The smallest absolute Gasteiger partial charge is 0.305 e. The summed E-state index contributed by atoms with van der Waals surface area (Å²) in [6, 6.07) is -0.538. The van der Waals surface area contributed by atoms with E-state index >= 15 is 0 Å². The summed E-state index contributed by atoms with van der Waals surface area (Å²) in [4.78, 5) is 24.6. The minimum Gasteiger partial charge on any atom is -0.466 e. The molecule has 0 aliphatic heterocycles. The molecule has 2 atom stereocenters. The molecule has 0 fully saturated rings. The van der Waals surface area contributed by atoms with E-state index in [2.05, 4.69) is 31.3 Å². The number of allylic oxidation sites excluding steroid dienone is 2. The van der Waals surface area contributed by atoms with Crippen LogP contribution in [-0.2, 0) is 14.3 Å². The van der Waals surface area contributed by atoms with Crippen LogP contribution in [0.4, 0.5) is 0 Å². The van der Waals surface area contributed by atoms with E-state index in [1.807, 2.05) is 0 Å². The first-order valence-corrected chi connectivity index (χ1v) is 40.9. The second-order valence-corrected chi connectivity index (χ2v) is 28.5. The minimum absolute atomic E-state index is 0.0136.